The highest BCUT2D eigenvalue weighted by molar-refractivity contribution is 9.10. The van der Waals surface area contributed by atoms with Gasteiger partial charge in [0.05, 0.1) is 13.2 Å². The second-order valence-electron chi connectivity index (χ2n) is 5.13. The average Bonchev–Trinajstić information content (AvgIpc) is 2.75. The van der Waals surface area contributed by atoms with Gasteiger partial charge in [-0.1, -0.05) is 15.9 Å². The van der Waals surface area contributed by atoms with Crippen molar-refractivity contribution in [3.8, 4) is 11.5 Å². The van der Waals surface area contributed by atoms with Crippen LogP contribution in [0.25, 0.3) is 0 Å². The molecule has 0 atom stereocenters. The molecule has 2 aromatic rings. The smallest absolute Gasteiger partial charge is 0.255 e. The largest absolute Gasteiger partial charge is 0.490 e. The average molecular weight is 362 g/mol. The summed E-state index contributed by atoms with van der Waals surface area (Å²) in [6, 6.07) is 10.9. The minimum atomic E-state index is -0.169. The van der Waals surface area contributed by atoms with Crippen molar-refractivity contribution in [2.45, 2.75) is 13.3 Å². The first-order chi connectivity index (χ1) is 10.6. The predicted octanol–water partition coefficient (Wildman–Crippen LogP) is 4.17. The summed E-state index contributed by atoms with van der Waals surface area (Å²) in [5, 5.41) is 2.89. The number of rotatable bonds is 2. The Balaban J connectivity index is 1.80. The summed E-state index contributed by atoms with van der Waals surface area (Å²) in [7, 11) is 0. The molecule has 22 heavy (non-hydrogen) atoms. The van der Waals surface area contributed by atoms with Crippen LogP contribution in [0.3, 0.4) is 0 Å². The van der Waals surface area contributed by atoms with E-state index in [-0.39, 0.29) is 5.91 Å². The summed E-state index contributed by atoms with van der Waals surface area (Å²) < 4.78 is 12.2. The third kappa shape index (κ3) is 3.25. The van der Waals surface area contributed by atoms with E-state index in [1.165, 1.54) is 0 Å². The predicted molar refractivity (Wildman–Crippen MR) is 88.9 cm³/mol. The highest BCUT2D eigenvalue weighted by Gasteiger charge is 2.14. The van der Waals surface area contributed by atoms with Gasteiger partial charge in [0, 0.05) is 22.1 Å². The van der Waals surface area contributed by atoms with Gasteiger partial charge in [0.1, 0.15) is 0 Å². The van der Waals surface area contributed by atoms with Crippen LogP contribution in [0.4, 0.5) is 5.69 Å². The number of benzene rings is 2. The quantitative estimate of drug-likeness (QED) is 0.872. The van der Waals surface area contributed by atoms with Gasteiger partial charge in [-0.3, -0.25) is 4.79 Å². The summed E-state index contributed by atoms with van der Waals surface area (Å²) >= 11 is 3.45. The van der Waals surface area contributed by atoms with Crippen LogP contribution in [-0.4, -0.2) is 19.1 Å². The lowest BCUT2D eigenvalue weighted by Crippen LogP contribution is -2.12. The number of carbonyl (C=O) groups excluding carboxylic acids is 1. The Morgan fingerprint density at radius 2 is 1.86 bits per heavy atom. The number of ether oxygens (including phenoxy) is 2. The Morgan fingerprint density at radius 1 is 1.09 bits per heavy atom. The standard InChI is InChI=1S/C17H16BrNO3/c1-11-9-13(4-5-14(11)18)19-17(20)12-3-6-15-16(10-12)22-8-2-7-21-15/h3-6,9-10H,2,7-8H2,1H3,(H,19,20). The monoisotopic (exact) mass is 361 g/mol. The van der Waals surface area contributed by atoms with Crippen LogP contribution >= 0.6 is 15.9 Å². The van der Waals surface area contributed by atoms with E-state index in [1.54, 1.807) is 18.2 Å². The second kappa shape index (κ2) is 6.40. The summed E-state index contributed by atoms with van der Waals surface area (Å²) in [6.45, 7) is 3.22. The lowest BCUT2D eigenvalue weighted by Gasteiger charge is -2.10. The molecule has 0 spiro atoms. The summed E-state index contributed by atoms with van der Waals surface area (Å²) in [6.07, 6.45) is 0.842. The molecule has 0 saturated heterocycles. The molecule has 0 radical (unpaired) electrons. The molecule has 1 amide bonds. The number of nitrogens with one attached hydrogen (secondary N) is 1. The van der Waals surface area contributed by atoms with Crippen LogP contribution in [0.1, 0.15) is 22.3 Å². The molecule has 0 saturated carbocycles. The van der Waals surface area contributed by atoms with E-state index < -0.39 is 0 Å². The molecule has 1 heterocycles. The number of hydrogen-bond donors (Lipinski definition) is 1. The third-order valence-corrected chi connectivity index (χ3v) is 4.32. The fourth-order valence-corrected chi connectivity index (χ4v) is 2.48. The van der Waals surface area contributed by atoms with Crippen molar-refractivity contribution in [2.75, 3.05) is 18.5 Å². The van der Waals surface area contributed by atoms with Crippen molar-refractivity contribution < 1.29 is 14.3 Å². The maximum atomic E-state index is 12.4. The number of halogens is 1. The number of fused-ring (bicyclic) bond motifs is 1. The molecule has 0 unspecified atom stereocenters. The number of carbonyl (C=O) groups is 1. The van der Waals surface area contributed by atoms with Gasteiger partial charge >= 0.3 is 0 Å². The molecular weight excluding hydrogens is 346 g/mol. The van der Waals surface area contributed by atoms with E-state index in [0.717, 1.165) is 22.1 Å². The summed E-state index contributed by atoms with van der Waals surface area (Å²) in [4.78, 5) is 12.4. The van der Waals surface area contributed by atoms with E-state index in [2.05, 4.69) is 21.2 Å². The molecule has 4 nitrogen and oxygen atoms in total. The van der Waals surface area contributed by atoms with E-state index in [4.69, 9.17) is 9.47 Å². The molecule has 0 aliphatic carbocycles. The number of aryl methyl sites for hydroxylation is 1. The topological polar surface area (TPSA) is 47.6 Å². The van der Waals surface area contributed by atoms with Crippen molar-refractivity contribution in [1.82, 2.24) is 0 Å². The van der Waals surface area contributed by atoms with E-state index in [9.17, 15) is 4.79 Å². The zero-order valence-corrected chi connectivity index (χ0v) is 13.8. The summed E-state index contributed by atoms with van der Waals surface area (Å²) in [5.41, 5.74) is 2.37. The van der Waals surface area contributed by atoms with Crippen LogP contribution < -0.4 is 14.8 Å². The summed E-state index contributed by atoms with van der Waals surface area (Å²) in [5.74, 6) is 1.14. The first-order valence-electron chi connectivity index (χ1n) is 7.10. The first-order valence-corrected chi connectivity index (χ1v) is 7.90. The van der Waals surface area contributed by atoms with Crippen LogP contribution in [0.5, 0.6) is 11.5 Å². The van der Waals surface area contributed by atoms with Crippen molar-refractivity contribution in [3.05, 3.63) is 52.0 Å². The maximum Gasteiger partial charge on any atom is 0.255 e. The van der Waals surface area contributed by atoms with E-state index >= 15 is 0 Å². The Bertz CT molecular complexity index is 715. The van der Waals surface area contributed by atoms with Gasteiger partial charge < -0.3 is 14.8 Å². The Labute approximate surface area is 137 Å². The maximum absolute atomic E-state index is 12.4. The molecular formula is C17H16BrNO3. The third-order valence-electron chi connectivity index (χ3n) is 3.43. The molecule has 1 aliphatic heterocycles. The molecule has 114 valence electrons. The van der Waals surface area contributed by atoms with Gasteiger partial charge in [-0.25, -0.2) is 0 Å². The van der Waals surface area contributed by atoms with Gasteiger partial charge in [-0.05, 0) is 48.9 Å². The molecule has 1 N–H and O–H groups in total. The van der Waals surface area contributed by atoms with Gasteiger partial charge in [0.25, 0.3) is 5.91 Å². The normalized spacial score (nSPS) is 13.4. The molecule has 0 bridgehead atoms. The fraction of sp³-hybridized carbons (Fsp3) is 0.235. The van der Waals surface area contributed by atoms with Crippen molar-refractivity contribution in [1.29, 1.82) is 0 Å². The Hall–Kier alpha value is -2.01. The van der Waals surface area contributed by atoms with Crippen LogP contribution in [-0.2, 0) is 0 Å². The van der Waals surface area contributed by atoms with Crippen LogP contribution in [0.15, 0.2) is 40.9 Å². The minimum Gasteiger partial charge on any atom is -0.490 e. The highest BCUT2D eigenvalue weighted by Crippen LogP contribution is 2.30. The fourth-order valence-electron chi connectivity index (χ4n) is 2.23. The number of hydrogen-bond acceptors (Lipinski definition) is 3. The first kappa shape index (κ1) is 14.9. The zero-order chi connectivity index (χ0) is 15.5. The molecule has 3 rings (SSSR count). The van der Waals surface area contributed by atoms with Gasteiger partial charge in [-0.15, -0.1) is 0 Å². The van der Waals surface area contributed by atoms with E-state index in [1.807, 2.05) is 25.1 Å². The van der Waals surface area contributed by atoms with Crippen molar-refractivity contribution >= 4 is 27.5 Å². The molecule has 0 fully saturated rings. The SMILES string of the molecule is Cc1cc(NC(=O)c2ccc3c(c2)OCCCO3)ccc1Br. The lowest BCUT2D eigenvalue weighted by atomic mass is 10.1. The van der Waals surface area contributed by atoms with Gasteiger partial charge in [0.15, 0.2) is 11.5 Å². The molecule has 1 aliphatic rings. The molecule has 0 aromatic heterocycles. The van der Waals surface area contributed by atoms with Crippen molar-refractivity contribution in [2.24, 2.45) is 0 Å². The van der Waals surface area contributed by atoms with Gasteiger partial charge in [-0.2, -0.15) is 0 Å². The van der Waals surface area contributed by atoms with Gasteiger partial charge in [0.2, 0.25) is 0 Å². The number of amides is 1. The lowest BCUT2D eigenvalue weighted by molar-refractivity contribution is 0.102. The van der Waals surface area contributed by atoms with Crippen LogP contribution in [0, 0.1) is 6.92 Å². The Kier molecular flexibility index (Phi) is 4.34. The highest BCUT2D eigenvalue weighted by atomic mass is 79.9. The molecule has 2 aromatic carbocycles. The van der Waals surface area contributed by atoms with E-state index in [0.29, 0.717) is 30.3 Å². The number of anilines is 1. The second-order valence-corrected chi connectivity index (χ2v) is 5.98. The van der Waals surface area contributed by atoms with Crippen LogP contribution in [0.2, 0.25) is 0 Å². The zero-order valence-electron chi connectivity index (χ0n) is 12.2. The van der Waals surface area contributed by atoms with Crippen molar-refractivity contribution in [3.63, 3.8) is 0 Å². The Morgan fingerprint density at radius 3 is 2.64 bits per heavy atom. The minimum absolute atomic E-state index is 0.169. The molecule has 5 heteroatoms.